The predicted octanol–water partition coefficient (Wildman–Crippen LogP) is 1.23. The summed E-state index contributed by atoms with van der Waals surface area (Å²) in [4.78, 5) is 23.8. The monoisotopic (exact) mass is 331 g/mol. The number of carbonyl (C=O) groups is 1. The molecule has 3 rings (SSSR count). The minimum atomic E-state index is -0.0509. The van der Waals surface area contributed by atoms with E-state index in [1.807, 2.05) is 18.2 Å². The van der Waals surface area contributed by atoms with Crippen LogP contribution in [0.2, 0.25) is 0 Å². The highest BCUT2D eigenvalue weighted by Gasteiger charge is 2.12. The molecule has 1 fully saturated rings. The molecule has 6 nitrogen and oxygen atoms in total. The summed E-state index contributed by atoms with van der Waals surface area (Å²) in [5, 5.41) is 7.09. The van der Waals surface area contributed by atoms with Gasteiger partial charge in [-0.15, -0.1) is 11.3 Å². The Kier molecular flexibility index (Phi) is 5.68. The second kappa shape index (κ2) is 8.14. The molecule has 0 unspecified atom stereocenters. The van der Waals surface area contributed by atoms with Gasteiger partial charge in [0.2, 0.25) is 0 Å². The molecule has 1 aliphatic rings. The molecule has 0 bridgehead atoms. The molecule has 0 spiro atoms. The van der Waals surface area contributed by atoms with Crippen molar-refractivity contribution in [3.05, 3.63) is 35.5 Å². The second-order valence-electron chi connectivity index (χ2n) is 5.45. The molecule has 0 aliphatic carbocycles. The Hall–Kier alpha value is -1.83. The van der Waals surface area contributed by atoms with Crippen LogP contribution in [-0.4, -0.2) is 60.0 Å². The van der Waals surface area contributed by atoms with Crippen molar-refractivity contribution in [3.8, 4) is 10.7 Å². The van der Waals surface area contributed by atoms with Gasteiger partial charge in [-0.2, -0.15) is 0 Å². The van der Waals surface area contributed by atoms with E-state index in [-0.39, 0.29) is 5.91 Å². The number of rotatable bonds is 6. The first-order valence-corrected chi connectivity index (χ1v) is 8.73. The zero-order chi connectivity index (χ0) is 15.9. The molecule has 2 N–H and O–H groups in total. The summed E-state index contributed by atoms with van der Waals surface area (Å²) in [6, 6.07) is 5.68. The first-order valence-electron chi connectivity index (χ1n) is 7.91. The van der Waals surface area contributed by atoms with Crippen LogP contribution in [0.25, 0.3) is 10.7 Å². The highest BCUT2D eigenvalue weighted by molar-refractivity contribution is 7.16. The van der Waals surface area contributed by atoms with E-state index in [0.717, 1.165) is 49.8 Å². The molecule has 2 aromatic heterocycles. The van der Waals surface area contributed by atoms with E-state index in [9.17, 15) is 4.79 Å². The van der Waals surface area contributed by atoms with Gasteiger partial charge >= 0.3 is 0 Å². The maximum absolute atomic E-state index is 12.2. The summed E-state index contributed by atoms with van der Waals surface area (Å²) in [7, 11) is 0. The average Bonchev–Trinajstić information content (AvgIpc) is 3.10. The first-order chi connectivity index (χ1) is 11.3. The van der Waals surface area contributed by atoms with Crippen molar-refractivity contribution in [1.82, 2.24) is 25.5 Å². The van der Waals surface area contributed by atoms with Crippen LogP contribution >= 0.6 is 11.3 Å². The number of hydrogen-bond acceptors (Lipinski definition) is 6. The minimum Gasteiger partial charge on any atom is -0.351 e. The fraction of sp³-hybridized carbons (Fsp3) is 0.438. The number of thiazole rings is 1. The lowest BCUT2D eigenvalue weighted by molar-refractivity contribution is 0.0955. The Morgan fingerprint density at radius 1 is 1.30 bits per heavy atom. The van der Waals surface area contributed by atoms with Crippen LogP contribution in [0, 0.1) is 0 Å². The second-order valence-corrected chi connectivity index (χ2v) is 6.48. The van der Waals surface area contributed by atoms with Crippen LogP contribution in [-0.2, 0) is 0 Å². The third-order valence-corrected chi connectivity index (χ3v) is 4.78. The number of amides is 1. The minimum absolute atomic E-state index is 0.0509. The van der Waals surface area contributed by atoms with Gasteiger partial charge in [-0.1, -0.05) is 6.07 Å². The normalized spacial score (nSPS) is 15.5. The third kappa shape index (κ3) is 4.57. The fourth-order valence-electron chi connectivity index (χ4n) is 2.51. The van der Waals surface area contributed by atoms with E-state index >= 15 is 0 Å². The number of hydrogen-bond donors (Lipinski definition) is 2. The number of piperazine rings is 1. The number of carbonyl (C=O) groups excluding carboxylic acids is 1. The van der Waals surface area contributed by atoms with Crippen molar-refractivity contribution in [1.29, 1.82) is 0 Å². The highest BCUT2D eigenvalue weighted by atomic mass is 32.1. The molecule has 0 radical (unpaired) electrons. The quantitative estimate of drug-likeness (QED) is 0.779. The van der Waals surface area contributed by atoms with Gasteiger partial charge in [-0.05, 0) is 25.1 Å². The summed E-state index contributed by atoms with van der Waals surface area (Å²) >= 11 is 1.38. The Balaban J connectivity index is 1.44. The van der Waals surface area contributed by atoms with Gasteiger partial charge < -0.3 is 15.5 Å². The zero-order valence-electron chi connectivity index (χ0n) is 13.0. The van der Waals surface area contributed by atoms with Crippen molar-refractivity contribution in [2.45, 2.75) is 6.42 Å². The van der Waals surface area contributed by atoms with Crippen LogP contribution in [0.3, 0.4) is 0 Å². The lowest BCUT2D eigenvalue weighted by Crippen LogP contribution is -2.44. The van der Waals surface area contributed by atoms with Crippen LogP contribution < -0.4 is 10.6 Å². The Labute approximate surface area is 140 Å². The molecule has 0 atom stereocenters. The van der Waals surface area contributed by atoms with Gasteiger partial charge in [0, 0.05) is 38.9 Å². The predicted molar refractivity (Wildman–Crippen MR) is 91.6 cm³/mol. The van der Waals surface area contributed by atoms with Crippen LogP contribution in [0.15, 0.2) is 30.6 Å². The topological polar surface area (TPSA) is 70.2 Å². The van der Waals surface area contributed by atoms with Crippen molar-refractivity contribution in [2.24, 2.45) is 0 Å². The third-order valence-electron chi connectivity index (χ3n) is 3.76. The summed E-state index contributed by atoms with van der Waals surface area (Å²) < 4.78 is 0. The summed E-state index contributed by atoms with van der Waals surface area (Å²) in [6.07, 6.45) is 4.32. The molecule has 1 saturated heterocycles. The Bertz CT molecular complexity index is 624. The molecule has 0 aromatic carbocycles. The van der Waals surface area contributed by atoms with Crippen molar-refractivity contribution in [2.75, 3.05) is 39.3 Å². The van der Waals surface area contributed by atoms with E-state index in [2.05, 4.69) is 25.5 Å². The van der Waals surface area contributed by atoms with Crippen LogP contribution in [0.1, 0.15) is 16.1 Å². The molecule has 0 saturated carbocycles. The van der Waals surface area contributed by atoms with Gasteiger partial charge in [0.05, 0.1) is 11.9 Å². The highest BCUT2D eigenvalue weighted by Crippen LogP contribution is 2.22. The zero-order valence-corrected chi connectivity index (χ0v) is 13.8. The largest absolute Gasteiger partial charge is 0.351 e. The van der Waals surface area contributed by atoms with Crippen LogP contribution in [0.5, 0.6) is 0 Å². The SMILES string of the molecule is O=C(NCCCN1CCNCC1)c1cnc(-c2ccccn2)s1. The summed E-state index contributed by atoms with van der Waals surface area (Å²) in [5.41, 5.74) is 0.801. The fourth-order valence-corrected chi connectivity index (χ4v) is 3.32. The maximum Gasteiger partial charge on any atom is 0.263 e. The van der Waals surface area contributed by atoms with E-state index in [0.29, 0.717) is 11.4 Å². The maximum atomic E-state index is 12.2. The summed E-state index contributed by atoms with van der Waals surface area (Å²) in [5.74, 6) is -0.0509. The van der Waals surface area contributed by atoms with Gasteiger partial charge in [0.25, 0.3) is 5.91 Å². The number of pyridine rings is 1. The van der Waals surface area contributed by atoms with Gasteiger partial charge in [0.15, 0.2) is 0 Å². The van der Waals surface area contributed by atoms with Gasteiger partial charge in [0.1, 0.15) is 9.88 Å². The van der Waals surface area contributed by atoms with Gasteiger partial charge in [-0.3, -0.25) is 9.78 Å². The molecule has 2 aromatic rings. The molecule has 1 aliphatic heterocycles. The summed E-state index contributed by atoms with van der Waals surface area (Å²) in [6.45, 7) is 6.03. The van der Waals surface area contributed by atoms with Crippen molar-refractivity contribution in [3.63, 3.8) is 0 Å². The Morgan fingerprint density at radius 3 is 2.96 bits per heavy atom. The first kappa shape index (κ1) is 16.0. The molecular weight excluding hydrogens is 310 g/mol. The standard InChI is InChI=1S/C16H21N5OS/c22-15(19-6-3-9-21-10-7-17-8-11-21)14-12-20-16(23-14)13-4-1-2-5-18-13/h1-2,4-5,12,17H,3,6-11H2,(H,19,22). The molecule has 7 heteroatoms. The van der Waals surface area contributed by atoms with Crippen molar-refractivity contribution >= 4 is 17.2 Å². The smallest absolute Gasteiger partial charge is 0.263 e. The Morgan fingerprint density at radius 2 is 2.17 bits per heavy atom. The number of nitrogens with one attached hydrogen (secondary N) is 2. The van der Waals surface area contributed by atoms with Crippen molar-refractivity contribution < 1.29 is 4.79 Å². The molecule has 23 heavy (non-hydrogen) atoms. The molecular formula is C16H21N5OS. The number of nitrogens with zero attached hydrogens (tertiary/aromatic N) is 3. The van der Waals surface area contributed by atoms with E-state index < -0.39 is 0 Å². The molecule has 1 amide bonds. The van der Waals surface area contributed by atoms with Gasteiger partial charge in [-0.25, -0.2) is 4.98 Å². The van der Waals surface area contributed by atoms with E-state index in [4.69, 9.17) is 0 Å². The lowest BCUT2D eigenvalue weighted by Gasteiger charge is -2.26. The lowest BCUT2D eigenvalue weighted by atomic mass is 10.3. The number of aromatic nitrogens is 2. The van der Waals surface area contributed by atoms with E-state index in [1.165, 1.54) is 11.3 Å². The van der Waals surface area contributed by atoms with E-state index in [1.54, 1.807) is 12.4 Å². The average molecular weight is 331 g/mol. The molecule has 3 heterocycles. The van der Waals surface area contributed by atoms with Crippen LogP contribution in [0.4, 0.5) is 0 Å². The molecule has 122 valence electrons.